The summed E-state index contributed by atoms with van der Waals surface area (Å²) in [7, 11) is 2.70. The topological polar surface area (TPSA) is 64.6 Å². The fourth-order valence-corrected chi connectivity index (χ4v) is 2.47. The number of methoxy groups -OCH3 is 2. The molecular formula is C14H17NO4. The number of carbonyl (C=O) groups is 2. The van der Waals surface area contributed by atoms with Gasteiger partial charge in [0, 0.05) is 6.04 Å². The molecular weight excluding hydrogens is 246 g/mol. The van der Waals surface area contributed by atoms with E-state index in [2.05, 4.69) is 5.32 Å². The van der Waals surface area contributed by atoms with Gasteiger partial charge >= 0.3 is 11.9 Å². The molecule has 1 fully saturated rings. The number of esters is 2. The van der Waals surface area contributed by atoms with E-state index in [1.807, 2.05) is 30.3 Å². The van der Waals surface area contributed by atoms with E-state index < -0.39 is 6.04 Å². The molecule has 0 aromatic heterocycles. The number of hydrogen-bond acceptors (Lipinski definition) is 5. The van der Waals surface area contributed by atoms with Gasteiger partial charge in [0.15, 0.2) is 0 Å². The molecule has 102 valence electrons. The highest BCUT2D eigenvalue weighted by molar-refractivity contribution is 5.80. The van der Waals surface area contributed by atoms with Gasteiger partial charge < -0.3 is 9.47 Å². The largest absolute Gasteiger partial charge is 0.469 e. The third kappa shape index (κ3) is 2.76. The van der Waals surface area contributed by atoms with Gasteiger partial charge in [-0.05, 0) is 12.0 Å². The second kappa shape index (κ2) is 5.84. The summed E-state index contributed by atoms with van der Waals surface area (Å²) in [6.45, 7) is 0. The zero-order valence-corrected chi connectivity index (χ0v) is 11.0. The second-order valence-electron chi connectivity index (χ2n) is 4.50. The van der Waals surface area contributed by atoms with Crippen molar-refractivity contribution in [2.75, 3.05) is 14.2 Å². The van der Waals surface area contributed by atoms with Crippen LogP contribution in [-0.4, -0.2) is 32.2 Å². The third-order valence-electron chi connectivity index (χ3n) is 3.42. The van der Waals surface area contributed by atoms with E-state index in [1.54, 1.807) is 0 Å². The van der Waals surface area contributed by atoms with E-state index in [0.717, 1.165) is 5.56 Å². The van der Waals surface area contributed by atoms with Gasteiger partial charge in [-0.25, -0.2) is 0 Å². The quantitative estimate of drug-likeness (QED) is 0.826. The monoisotopic (exact) mass is 263 g/mol. The molecule has 0 saturated carbocycles. The lowest BCUT2D eigenvalue weighted by molar-refractivity contribution is -0.146. The lowest BCUT2D eigenvalue weighted by Crippen LogP contribution is -2.33. The Morgan fingerprint density at radius 1 is 1.11 bits per heavy atom. The zero-order valence-electron chi connectivity index (χ0n) is 11.0. The van der Waals surface area contributed by atoms with Gasteiger partial charge in [-0.15, -0.1) is 0 Å². The first-order chi connectivity index (χ1) is 9.17. The molecule has 1 heterocycles. The van der Waals surface area contributed by atoms with Crippen LogP contribution in [0.1, 0.15) is 18.0 Å². The van der Waals surface area contributed by atoms with Crippen molar-refractivity contribution in [3.8, 4) is 0 Å². The molecule has 1 aliphatic rings. The average Bonchev–Trinajstić information content (AvgIpc) is 2.91. The van der Waals surface area contributed by atoms with Crippen LogP contribution in [0.25, 0.3) is 0 Å². The van der Waals surface area contributed by atoms with Gasteiger partial charge in [-0.1, -0.05) is 30.3 Å². The summed E-state index contributed by atoms with van der Waals surface area (Å²) in [4.78, 5) is 23.5. The molecule has 1 aromatic rings. The van der Waals surface area contributed by atoms with Crippen molar-refractivity contribution >= 4 is 11.9 Å². The zero-order chi connectivity index (χ0) is 13.8. The van der Waals surface area contributed by atoms with Crippen molar-refractivity contribution in [2.24, 2.45) is 5.92 Å². The summed E-state index contributed by atoms with van der Waals surface area (Å²) in [5, 5.41) is 3.15. The lowest BCUT2D eigenvalue weighted by Gasteiger charge is -2.17. The first-order valence-electron chi connectivity index (χ1n) is 6.14. The standard InChI is InChI=1S/C14H17NO4/c1-18-13(16)10-8-11(14(17)19-2)15-12(10)9-6-4-3-5-7-9/h3-7,10-12,15H,8H2,1-2H3/t10-,11-,12-/m1/s1. The maximum Gasteiger partial charge on any atom is 0.322 e. The van der Waals surface area contributed by atoms with E-state index in [-0.39, 0.29) is 23.9 Å². The van der Waals surface area contributed by atoms with Gasteiger partial charge in [0.1, 0.15) is 6.04 Å². The Bertz CT molecular complexity index is 460. The van der Waals surface area contributed by atoms with E-state index in [0.29, 0.717) is 6.42 Å². The highest BCUT2D eigenvalue weighted by atomic mass is 16.5. The molecule has 1 aliphatic heterocycles. The maximum absolute atomic E-state index is 11.8. The van der Waals surface area contributed by atoms with E-state index in [4.69, 9.17) is 9.47 Å². The number of nitrogens with one attached hydrogen (secondary N) is 1. The Morgan fingerprint density at radius 2 is 1.74 bits per heavy atom. The van der Waals surface area contributed by atoms with Crippen LogP contribution in [0.4, 0.5) is 0 Å². The molecule has 0 spiro atoms. The normalized spacial score (nSPS) is 25.9. The van der Waals surface area contributed by atoms with E-state index >= 15 is 0 Å². The summed E-state index contributed by atoms with van der Waals surface area (Å²) >= 11 is 0. The number of ether oxygens (including phenoxy) is 2. The van der Waals surface area contributed by atoms with Crippen LogP contribution < -0.4 is 5.32 Å². The van der Waals surface area contributed by atoms with E-state index in [1.165, 1.54) is 14.2 Å². The fraction of sp³-hybridized carbons (Fsp3) is 0.429. The molecule has 0 radical (unpaired) electrons. The Labute approximate surface area is 111 Å². The molecule has 1 aromatic carbocycles. The summed E-state index contributed by atoms with van der Waals surface area (Å²) in [5.74, 6) is -1.04. The van der Waals surface area contributed by atoms with Crippen molar-refractivity contribution < 1.29 is 19.1 Å². The van der Waals surface area contributed by atoms with Gasteiger partial charge in [0.2, 0.25) is 0 Å². The number of hydrogen-bond donors (Lipinski definition) is 1. The number of rotatable bonds is 3. The Kier molecular flexibility index (Phi) is 4.16. The van der Waals surface area contributed by atoms with Crippen LogP contribution in [0.3, 0.4) is 0 Å². The molecule has 1 saturated heterocycles. The predicted octanol–water partition coefficient (Wildman–Crippen LogP) is 1.05. The van der Waals surface area contributed by atoms with Crippen LogP contribution in [0, 0.1) is 5.92 Å². The van der Waals surface area contributed by atoms with Crippen molar-refractivity contribution in [2.45, 2.75) is 18.5 Å². The molecule has 5 nitrogen and oxygen atoms in total. The summed E-state index contributed by atoms with van der Waals surface area (Å²) < 4.78 is 9.54. The predicted molar refractivity (Wildman–Crippen MR) is 68.2 cm³/mol. The highest BCUT2D eigenvalue weighted by Crippen LogP contribution is 2.33. The molecule has 3 atom stereocenters. The number of benzene rings is 1. The Morgan fingerprint density at radius 3 is 2.32 bits per heavy atom. The highest BCUT2D eigenvalue weighted by Gasteiger charge is 2.42. The minimum Gasteiger partial charge on any atom is -0.469 e. The van der Waals surface area contributed by atoms with Crippen molar-refractivity contribution in [3.63, 3.8) is 0 Å². The van der Waals surface area contributed by atoms with Gasteiger partial charge in [0.05, 0.1) is 20.1 Å². The molecule has 19 heavy (non-hydrogen) atoms. The van der Waals surface area contributed by atoms with E-state index in [9.17, 15) is 9.59 Å². The minimum absolute atomic E-state index is 0.224. The second-order valence-corrected chi connectivity index (χ2v) is 4.50. The Hall–Kier alpha value is -1.88. The first-order valence-corrected chi connectivity index (χ1v) is 6.14. The summed E-state index contributed by atoms with van der Waals surface area (Å²) in [6.07, 6.45) is 0.388. The van der Waals surface area contributed by atoms with Crippen molar-refractivity contribution in [1.82, 2.24) is 5.32 Å². The van der Waals surface area contributed by atoms with Crippen molar-refractivity contribution in [3.05, 3.63) is 35.9 Å². The molecule has 0 amide bonds. The molecule has 0 unspecified atom stereocenters. The Balaban J connectivity index is 2.24. The molecule has 0 aliphatic carbocycles. The van der Waals surface area contributed by atoms with Crippen LogP contribution in [0.15, 0.2) is 30.3 Å². The SMILES string of the molecule is COC(=O)[C@H]1C[C@@H](C(=O)OC)[C@@H](c2ccccc2)N1. The van der Waals surface area contributed by atoms with Crippen LogP contribution in [0.2, 0.25) is 0 Å². The smallest absolute Gasteiger partial charge is 0.322 e. The molecule has 0 bridgehead atoms. The summed E-state index contributed by atoms with van der Waals surface area (Å²) in [6, 6.07) is 8.86. The molecule has 1 N–H and O–H groups in total. The van der Waals surface area contributed by atoms with Gasteiger partial charge in [-0.2, -0.15) is 0 Å². The molecule has 5 heteroatoms. The maximum atomic E-state index is 11.8. The first kappa shape index (κ1) is 13.5. The minimum atomic E-state index is -0.473. The fourth-order valence-electron chi connectivity index (χ4n) is 2.47. The third-order valence-corrected chi connectivity index (χ3v) is 3.42. The number of carbonyl (C=O) groups excluding carboxylic acids is 2. The van der Waals surface area contributed by atoms with Crippen molar-refractivity contribution in [1.29, 1.82) is 0 Å². The van der Waals surface area contributed by atoms with Gasteiger partial charge in [-0.3, -0.25) is 14.9 Å². The van der Waals surface area contributed by atoms with Crippen LogP contribution in [-0.2, 0) is 19.1 Å². The van der Waals surface area contributed by atoms with Crippen LogP contribution >= 0.6 is 0 Å². The summed E-state index contributed by atoms with van der Waals surface area (Å²) in [5.41, 5.74) is 0.962. The van der Waals surface area contributed by atoms with Crippen LogP contribution in [0.5, 0.6) is 0 Å². The average molecular weight is 263 g/mol. The molecule has 2 rings (SSSR count). The van der Waals surface area contributed by atoms with Gasteiger partial charge in [0.25, 0.3) is 0 Å². The lowest BCUT2D eigenvalue weighted by atomic mass is 9.93.